The molecule has 1 aromatic heterocycles. The van der Waals surface area contributed by atoms with E-state index in [-0.39, 0.29) is 11.7 Å². The van der Waals surface area contributed by atoms with Crippen LogP contribution in [-0.2, 0) is 4.79 Å². The van der Waals surface area contributed by atoms with Gasteiger partial charge in [0.1, 0.15) is 5.75 Å². The van der Waals surface area contributed by atoms with Crippen molar-refractivity contribution in [2.75, 3.05) is 0 Å². The molecule has 0 unspecified atom stereocenters. The van der Waals surface area contributed by atoms with Gasteiger partial charge in [-0.3, -0.25) is 4.79 Å². The Hall–Kier alpha value is -1.97. The van der Waals surface area contributed by atoms with Crippen molar-refractivity contribution in [1.82, 2.24) is 4.98 Å². The molecule has 78 valence electrons. The Balaban J connectivity index is 2.68. The van der Waals surface area contributed by atoms with Gasteiger partial charge < -0.3 is 14.8 Å². The van der Waals surface area contributed by atoms with Gasteiger partial charge in [0.05, 0.1) is 11.2 Å². The molecular formula is C11H11NO3. The second-order valence-electron chi connectivity index (χ2n) is 3.37. The number of carbonyl (C=O) groups is 1. The molecule has 2 aromatic rings. The lowest BCUT2D eigenvalue weighted by molar-refractivity contribution is -0.131. The van der Waals surface area contributed by atoms with E-state index in [1.54, 1.807) is 25.1 Å². The van der Waals surface area contributed by atoms with Crippen LogP contribution >= 0.6 is 0 Å². The Morgan fingerprint density at radius 2 is 2.20 bits per heavy atom. The van der Waals surface area contributed by atoms with Crippen LogP contribution in [0.15, 0.2) is 18.2 Å². The standard InChI is InChI=1S/C11H11NO3/c1-6-11(15-7(2)13)8-4-3-5-9(14)10(8)12-6/h3-5,12,14H,1-2H3. The van der Waals surface area contributed by atoms with Gasteiger partial charge in [0.25, 0.3) is 0 Å². The quantitative estimate of drug-likeness (QED) is 0.701. The van der Waals surface area contributed by atoms with E-state index in [9.17, 15) is 9.90 Å². The predicted molar refractivity (Wildman–Crippen MR) is 56.0 cm³/mol. The van der Waals surface area contributed by atoms with E-state index in [2.05, 4.69) is 4.98 Å². The zero-order valence-electron chi connectivity index (χ0n) is 8.50. The average Bonchev–Trinajstić information content (AvgIpc) is 2.45. The Morgan fingerprint density at radius 1 is 1.47 bits per heavy atom. The minimum absolute atomic E-state index is 0.147. The molecule has 1 heterocycles. The molecule has 0 saturated heterocycles. The van der Waals surface area contributed by atoms with Crippen LogP contribution in [0.1, 0.15) is 12.6 Å². The van der Waals surface area contributed by atoms with Gasteiger partial charge in [-0.15, -0.1) is 0 Å². The van der Waals surface area contributed by atoms with E-state index in [0.29, 0.717) is 16.7 Å². The van der Waals surface area contributed by atoms with Crippen LogP contribution in [0, 0.1) is 6.92 Å². The summed E-state index contributed by atoms with van der Waals surface area (Å²) in [5.74, 6) is 0.254. The number of aromatic nitrogens is 1. The van der Waals surface area contributed by atoms with Crippen LogP contribution < -0.4 is 4.74 Å². The topological polar surface area (TPSA) is 62.3 Å². The Morgan fingerprint density at radius 3 is 2.87 bits per heavy atom. The fraction of sp³-hybridized carbons (Fsp3) is 0.182. The molecule has 0 atom stereocenters. The van der Waals surface area contributed by atoms with Crippen molar-refractivity contribution >= 4 is 16.9 Å². The number of nitrogens with one attached hydrogen (secondary N) is 1. The molecule has 4 heteroatoms. The fourth-order valence-electron chi connectivity index (χ4n) is 1.58. The van der Waals surface area contributed by atoms with Crippen molar-refractivity contribution < 1.29 is 14.6 Å². The molecule has 0 bridgehead atoms. The molecule has 4 nitrogen and oxygen atoms in total. The molecule has 0 aliphatic rings. The van der Waals surface area contributed by atoms with Crippen LogP contribution in [0.3, 0.4) is 0 Å². The summed E-state index contributed by atoms with van der Waals surface area (Å²) in [6.07, 6.45) is 0. The van der Waals surface area contributed by atoms with Gasteiger partial charge in [-0.2, -0.15) is 0 Å². The lowest BCUT2D eigenvalue weighted by Crippen LogP contribution is -2.01. The SMILES string of the molecule is CC(=O)Oc1c(C)[nH]c2c(O)cccc12. The van der Waals surface area contributed by atoms with Crippen molar-refractivity contribution in [2.45, 2.75) is 13.8 Å². The monoisotopic (exact) mass is 205 g/mol. The minimum atomic E-state index is -0.373. The third-order valence-electron chi connectivity index (χ3n) is 2.19. The van der Waals surface area contributed by atoms with Crippen LogP contribution in [-0.4, -0.2) is 16.1 Å². The van der Waals surface area contributed by atoms with Crippen molar-refractivity contribution in [3.05, 3.63) is 23.9 Å². The number of aromatic hydroxyl groups is 1. The number of hydrogen-bond donors (Lipinski definition) is 2. The van der Waals surface area contributed by atoms with Crippen molar-refractivity contribution in [2.24, 2.45) is 0 Å². The van der Waals surface area contributed by atoms with Crippen molar-refractivity contribution in [1.29, 1.82) is 0 Å². The number of aryl methyl sites for hydroxylation is 1. The van der Waals surface area contributed by atoms with Gasteiger partial charge in [-0.05, 0) is 19.1 Å². The van der Waals surface area contributed by atoms with Gasteiger partial charge in [0, 0.05) is 12.3 Å². The number of phenolic OH excluding ortho intramolecular Hbond substituents is 1. The number of hydrogen-bond acceptors (Lipinski definition) is 3. The summed E-state index contributed by atoms with van der Waals surface area (Å²) in [6, 6.07) is 5.07. The average molecular weight is 205 g/mol. The van der Waals surface area contributed by atoms with Crippen LogP contribution in [0.5, 0.6) is 11.5 Å². The molecule has 15 heavy (non-hydrogen) atoms. The lowest BCUT2D eigenvalue weighted by atomic mass is 10.2. The summed E-state index contributed by atoms with van der Waals surface area (Å²) in [6.45, 7) is 3.14. The Labute approximate surface area is 86.5 Å². The summed E-state index contributed by atoms with van der Waals surface area (Å²) in [7, 11) is 0. The maximum absolute atomic E-state index is 10.9. The molecule has 2 rings (SSSR count). The summed E-state index contributed by atoms with van der Waals surface area (Å²) < 4.78 is 5.07. The highest BCUT2D eigenvalue weighted by molar-refractivity contribution is 5.93. The highest BCUT2D eigenvalue weighted by atomic mass is 16.5. The summed E-state index contributed by atoms with van der Waals surface area (Å²) in [4.78, 5) is 13.9. The van der Waals surface area contributed by atoms with Crippen LogP contribution in [0.25, 0.3) is 10.9 Å². The molecule has 0 saturated carbocycles. The van der Waals surface area contributed by atoms with E-state index < -0.39 is 0 Å². The number of benzene rings is 1. The first-order valence-corrected chi connectivity index (χ1v) is 4.58. The molecule has 1 aromatic carbocycles. The number of H-pyrrole nitrogens is 1. The second kappa shape index (κ2) is 3.31. The number of carbonyl (C=O) groups excluding carboxylic acids is 1. The molecule has 0 fully saturated rings. The van der Waals surface area contributed by atoms with Crippen LogP contribution in [0.2, 0.25) is 0 Å². The molecule has 0 spiro atoms. The molecule has 2 N–H and O–H groups in total. The first kappa shape index (κ1) is 9.58. The van der Waals surface area contributed by atoms with Crippen LogP contribution in [0.4, 0.5) is 0 Å². The number of phenols is 1. The number of fused-ring (bicyclic) bond motifs is 1. The second-order valence-corrected chi connectivity index (χ2v) is 3.37. The number of aromatic amines is 1. The normalized spacial score (nSPS) is 10.5. The highest BCUT2D eigenvalue weighted by Gasteiger charge is 2.13. The van der Waals surface area contributed by atoms with E-state index >= 15 is 0 Å². The van der Waals surface area contributed by atoms with Gasteiger partial charge in [0.15, 0.2) is 5.75 Å². The summed E-state index contributed by atoms with van der Waals surface area (Å²) in [5.41, 5.74) is 1.31. The molecule has 0 radical (unpaired) electrons. The third kappa shape index (κ3) is 1.54. The van der Waals surface area contributed by atoms with Gasteiger partial charge in [-0.1, -0.05) is 6.07 Å². The molecular weight excluding hydrogens is 194 g/mol. The third-order valence-corrected chi connectivity index (χ3v) is 2.19. The minimum Gasteiger partial charge on any atom is -0.506 e. The van der Waals surface area contributed by atoms with E-state index in [1.807, 2.05) is 0 Å². The largest absolute Gasteiger partial charge is 0.506 e. The maximum Gasteiger partial charge on any atom is 0.308 e. The molecule has 0 aliphatic carbocycles. The maximum atomic E-state index is 10.9. The highest BCUT2D eigenvalue weighted by Crippen LogP contribution is 2.34. The zero-order valence-corrected chi connectivity index (χ0v) is 8.50. The van der Waals surface area contributed by atoms with Crippen molar-refractivity contribution in [3.8, 4) is 11.5 Å². The zero-order chi connectivity index (χ0) is 11.0. The summed E-state index contributed by atoms with van der Waals surface area (Å²) in [5, 5.41) is 10.3. The van der Waals surface area contributed by atoms with Gasteiger partial charge >= 0.3 is 5.97 Å². The number of ether oxygens (including phenoxy) is 1. The first-order chi connectivity index (χ1) is 7.09. The number of rotatable bonds is 1. The number of para-hydroxylation sites is 1. The molecule has 0 aliphatic heterocycles. The predicted octanol–water partition coefficient (Wildman–Crippen LogP) is 2.11. The van der Waals surface area contributed by atoms with E-state index in [1.165, 1.54) is 6.92 Å². The number of esters is 1. The van der Waals surface area contributed by atoms with Gasteiger partial charge in [-0.25, -0.2) is 0 Å². The van der Waals surface area contributed by atoms with Crippen molar-refractivity contribution in [3.63, 3.8) is 0 Å². The van der Waals surface area contributed by atoms with E-state index in [0.717, 1.165) is 5.69 Å². The smallest absolute Gasteiger partial charge is 0.308 e. The Bertz CT molecular complexity index is 528. The Kier molecular flexibility index (Phi) is 2.11. The molecule has 0 amide bonds. The van der Waals surface area contributed by atoms with E-state index in [4.69, 9.17) is 4.74 Å². The van der Waals surface area contributed by atoms with Gasteiger partial charge in [0.2, 0.25) is 0 Å². The first-order valence-electron chi connectivity index (χ1n) is 4.58. The fourth-order valence-corrected chi connectivity index (χ4v) is 1.58. The lowest BCUT2D eigenvalue weighted by Gasteiger charge is -2.00. The summed E-state index contributed by atoms with van der Waals surface area (Å²) >= 11 is 0.